The van der Waals surface area contributed by atoms with Gasteiger partial charge in [-0.2, -0.15) is 0 Å². The lowest BCUT2D eigenvalue weighted by Gasteiger charge is -2.27. The number of nitrogens with zero attached hydrogens (tertiary/aromatic N) is 2. The number of carbonyl (C=O) groups excluding carboxylic acids is 1. The quantitative estimate of drug-likeness (QED) is 0.581. The minimum absolute atomic E-state index is 0.188. The highest BCUT2D eigenvalue weighted by molar-refractivity contribution is 7.91. The van der Waals surface area contributed by atoms with Crippen molar-refractivity contribution in [3.05, 3.63) is 54.2 Å². The summed E-state index contributed by atoms with van der Waals surface area (Å²) < 4.78 is 33.8. The fourth-order valence-corrected chi connectivity index (χ4v) is 4.78. The summed E-state index contributed by atoms with van der Waals surface area (Å²) in [4.78, 5) is 14.9. The molecule has 1 heterocycles. The van der Waals surface area contributed by atoms with E-state index in [4.69, 9.17) is 4.74 Å². The molecule has 0 saturated carbocycles. The topological polar surface area (TPSA) is 68.6 Å². The van der Waals surface area contributed by atoms with Crippen LogP contribution in [0.5, 0.6) is 0 Å². The zero-order valence-corrected chi connectivity index (χ0v) is 19.1. The Morgan fingerprint density at radius 3 is 2.27 bits per heavy atom. The highest BCUT2D eigenvalue weighted by Gasteiger charge is 2.28. The number of benzene rings is 2. The molecule has 3 rings (SSSR count). The molecule has 2 aromatic carbocycles. The fraction of sp³-hybridized carbons (Fsp3) is 0.348. The third-order valence-corrected chi connectivity index (χ3v) is 6.76. The van der Waals surface area contributed by atoms with Gasteiger partial charge in [0.05, 0.1) is 21.0 Å². The van der Waals surface area contributed by atoms with Crippen LogP contribution < -0.4 is 4.90 Å². The number of sulfone groups is 1. The average molecular weight is 429 g/mol. The zero-order chi connectivity index (χ0) is 22.3. The van der Waals surface area contributed by atoms with Gasteiger partial charge < -0.3 is 9.30 Å². The van der Waals surface area contributed by atoms with Crippen molar-refractivity contribution in [3.8, 4) is 0 Å². The fourth-order valence-electron chi connectivity index (χ4n) is 3.47. The minimum atomic E-state index is -3.68. The number of amides is 1. The van der Waals surface area contributed by atoms with Gasteiger partial charge in [-0.25, -0.2) is 13.2 Å². The van der Waals surface area contributed by atoms with Gasteiger partial charge in [0.15, 0.2) is 0 Å². The summed E-state index contributed by atoms with van der Waals surface area (Å²) >= 11 is 0. The van der Waals surface area contributed by atoms with E-state index in [-0.39, 0.29) is 9.79 Å². The molecule has 160 valence electrons. The van der Waals surface area contributed by atoms with Crippen molar-refractivity contribution >= 4 is 32.5 Å². The number of carbonyl (C=O) groups is 1. The lowest BCUT2D eigenvalue weighted by atomic mass is 10.2. The Labute approximate surface area is 178 Å². The Morgan fingerprint density at radius 1 is 1.07 bits per heavy atom. The average Bonchev–Trinajstić information content (AvgIpc) is 2.93. The lowest BCUT2D eigenvalue weighted by Crippen LogP contribution is -2.37. The maximum atomic E-state index is 13.1. The number of aromatic nitrogens is 1. The van der Waals surface area contributed by atoms with E-state index in [1.807, 2.05) is 46.2 Å². The van der Waals surface area contributed by atoms with E-state index in [1.165, 1.54) is 0 Å². The molecule has 0 bridgehead atoms. The molecule has 0 saturated heterocycles. The Bertz CT molecular complexity index is 1190. The van der Waals surface area contributed by atoms with Gasteiger partial charge in [0.25, 0.3) is 0 Å². The maximum absolute atomic E-state index is 13.1. The first-order chi connectivity index (χ1) is 14.0. The highest BCUT2D eigenvalue weighted by atomic mass is 32.2. The predicted molar refractivity (Wildman–Crippen MR) is 119 cm³/mol. The highest BCUT2D eigenvalue weighted by Crippen LogP contribution is 2.36. The monoisotopic (exact) mass is 428 g/mol. The second-order valence-corrected chi connectivity index (χ2v) is 10.2. The van der Waals surface area contributed by atoms with E-state index in [1.54, 1.807) is 53.4 Å². The molecule has 0 fully saturated rings. The molecule has 0 aliphatic heterocycles. The molecule has 0 aliphatic carbocycles. The Hall–Kier alpha value is -2.80. The summed E-state index contributed by atoms with van der Waals surface area (Å²) in [6, 6.07) is 13.4. The molecule has 7 heteroatoms. The molecular weight excluding hydrogens is 400 g/mol. The largest absolute Gasteiger partial charge is 0.443 e. The van der Waals surface area contributed by atoms with Crippen LogP contribution in [0.3, 0.4) is 0 Å². The van der Waals surface area contributed by atoms with E-state index in [0.29, 0.717) is 17.6 Å². The van der Waals surface area contributed by atoms with Crippen LogP contribution in [-0.2, 0) is 21.6 Å². The van der Waals surface area contributed by atoms with Gasteiger partial charge in [0.1, 0.15) is 5.60 Å². The summed E-state index contributed by atoms with van der Waals surface area (Å²) in [5, 5.41) is 0.694. The van der Waals surface area contributed by atoms with Crippen LogP contribution in [0.25, 0.3) is 10.9 Å². The third-order valence-electron chi connectivity index (χ3n) is 4.99. The summed E-state index contributed by atoms with van der Waals surface area (Å²) in [5.41, 5.74) is 1.72. The number of rotatable bonds is 4. The van der Waals surface area contributed by atoms with Gasteiger partial charge in [-0.1, -0.05) is 18.2 Å². The molecule has 6 nitrogen and oxygen atoms in total. The van der Waals surface area contributed by atoms with Crippen LogP contribution in [0.4, 0.5) is 10.5 Å². The first-order valence-electron chi connectivity index (χ1n) is 9.87. The van der Waals surface area contributed by atoms with Crippen molar-refractivity contribution in [2.75, 3.05) is 11.4 Å². The smallest absolute Gasteiger partial charge is 0.414 e. The van der Waals surface area contributed by atoms with E-state index in [9.17, 15) is 13.2 Å². The molecule has 0 unspecified atom stereocenters. The van der Waals surface area contributed by atoms with Crippen LogP contribution in [-0.4, -0.2) is 31.2 Å². The van der Waals surface area contributed by atoms with Crippen molar-refractivity contribution in [1.29, 1.82) is 0 Å². The van der Waals surface area contributed by atoms with Crippen LogP contribution in [0.2, 0.25) is 0 Å². The molecule has 0 atom stereocenters. The van der Waals surface area contributed by atoms with Gasteiger partial charge in [-0.05, 0) is 65.0 Å². The molecule has 0 aliphatic rings. The van der Waals surface area contributed by atoms with Gasteiger partial charge in [0, 0.05) is 24.7 Å². The molecule has 3 aromatic rings. The summed E-state index contributed by atoms with van der Waals surface area (Å²) in [7, 11) is -1.78. The normalized spacial score (nSPS) is 12.2. The second kappa shape index (κ2) is 7.80. The van der Waals surface area contributed by atoms with Crippen molar-refractivity contribution in [2.24, 2.45) is 7.05 Å². The molecule has 1 amide bonds. The number of anilines is 1. The third kappa shape index (κ3) is 3.94. The molecule has 0 N–H and O–H groups in total. The van der Waals surface area contributed by atoms with Gasteiger partial charge >= 0.3 is 6.09 Å². The lowest BCUT2D eigenvalue weighted by molar-refractivity contribution is 0.0582. The second-order valence-electron chi connectivity index (χ2n) is 8.21. The number of hydrogen-bond donors (Lipinski definition) is 0. The molecule has 30 heavy (non-hydrogen) atoms. The van der Waals surface area contributed by atoms with Crippen molar-refractivity contribution < 1.29 is 17.9 Å². The number of hydrogen-bond acceptors (Lipinski definition) is 4. The minimum Gasteiger partial charge on any atom is -0.443 e. The Kier molecular flexibility index (Phi) is 5.69. The Balaban J connectivity index is 2.20. The van der Waals surface area contributed by atoms with E-state index in [2.05, 4.69) is 0 Å². The SMILES string of the molecule is CCN(C(=O)OC(C)(C)C)c1c(C)n(C)c2ccc(S(=O)(=O)c3ccccc3)cc12. The van der Waals surface area contributed by atoms with Crippen LogP contribution in [0.15, 0.2) is 58.3 Å². The Morgan fingerprint density at radius 2 is 1.70 bits per heavy atom. The first kappa shape index (κ1) is 21.9. The summed E-state index contributed by atoms with van der Waals surface area (Å²) in [5.74, 6) is 0. The van der Waals surface area contributed by atoms with E-state index in [0.717, 1.165) is 11.2 Å². The number of fused-ring (bicyclic) bond motifs is 1. The van der Waals surface area contributed by atoms with Crippen LogP contribution in [0, 0.1) is 6.92 Å². The van der Waals surface area contributed by atoms with Gasteiger partial charge in [-0.3, -0.25) is 4.90 Å². The van der Waals surface area contributed by atoms with Gasteiger partial charge in [-0.15, -0.1) is 0 Å². The standard InChI is InChI=1S/C23H28N2O4S/c1-7-25(22(26)29-23(3,4)5)21-16(2)24(6)20-14-13-18(15-19(20)21)30(27,28)17-11-9-8-10-12-17/h8-15H,7H2,1-6H3. The van der Waals surface area contributed by atoms with Crippen LogP contribution in [0.1, 0.15) is 33.4 Å². The maximum Gasteiger partial charge on any atom is 0.414 e. The molecule has 0 radical (unpaired) electrons. The van der Waals surface area contributed by atoms with Crippen LogP contribution >= 0.6 is 0 Å². The van der Waals surface area contributed by atoms with Crippen molar-refractivity contribution in [3.63, 3.8) is 0 Å². The summed E-state index contributed by atoms with van der Waals surface area (Å²) in [6.45, 7) is 9.63. The van der Waals surface area contributed by atoms with E-state index < -0.39 is 21.5 Å². The number of ether oxygens (including phenoxy) is 1. The molecule has 0 spiro atoms. The molecular formula is C23H28N2O4S. The predicted octanol–water partition coefficient (Wildman–Crippen LogP) is 5.08. The van der Waals surface area contributed by atoms with E-state index >= 15 is 0 Å². The van der Waals surface area contributed by atoms with Gasteiger partial charge in [0.2, 0.25) is 9.84 Å². The number of aryl methyl sites for hydroxylation is 1. The molecule has 1 aromatic heterocycles. The van der Waals surface area contributed by atoms with Crippen molar-refractivity contribution in [2.45, 2.75) is 50.0 Å². The first-order valence-corrected chi connectivity index (χ1v) is 11.4. The summed E-state index contributed by atoms with van der Waals surface area (Å²) in [6.07, 6.45) is -0.461. The van der Waals surface area contributed by atoms with Crippen molar-refractivity contribution in [1.82, 2.24) is 4.57 Å². The zero-order valence-electron chi connectivity index (χ0n) is 18.3.